The van der Waals surface area contributed by atoms with Crippen molar-refractivity contribution in [2.45, 2.75) is 66.2 Å². The van der Waals surface area contributed by atoms with E-state index < -0.39 is 10.8 Å². The monoisotopic (exact) mass is 567 g/mol. The van der Waals surface area contributed by atoms with Gasteiger partial charge in [-0.25, -0.2) is 0 Å². The molecule has 0 radical (unpaired) electrons. The van der Waals surface area contributed by atoms with Crippen LogP contribution in [0, 0.1) is 0 Å². The Morgan fingerprint density at radius 2 is 1.50 bits per heavy atom. The molecule has 0 fully saturated rings. The number of likely N-dealkylation sites (N-methyl/N-ethyl adjacent to an activating group) is 1. The second kappa shape index (κ2) is 10.1. The van der Waals surface area contributed by atoms with Gasteiger partial charge in [-0.05, 0) is 69.7 Å². The van der Waals surface area contributed by atoms with Gasteiger partial charge in [0, 0.05) is 66.3 Å². The highest BCUT2D eigenvalue weighted by molar-refractivity contribution is 6.24. The van der Waals surface area contributed by atoms with Gasteiger partial charge in [0.25, 0.3) is 0 Å². The van der Waals surface area contributed by atoms with Crippen molar-refractivity contribution < 1.29 is 24.1 Å². The molecular formula is C34H39N4O4+. The number of hydrogen-bond acceptors (Lipinski definition) is 5. The molecule has 218 valence electrons. The topological polar surface area (TPSA) is 102 Å². The lowest BCUT2D eigenvalue weighted by Gasteiger charge is -2.28. The molecule has 0 saturated heterocycles. The Morgan fingerprint density at radius 1 is 0.905 bits per heavy atom. The Kier molecular flexibility index (Phi) is 7.00. The van der Waals surface area contributed by atoms with Crippen LogP contribution in [0.5, 0.6) is 0 Å². The van der Waals surface area contributed by atoms with Crippen LogP contribution >= 0.6 is 0 Å². The van der Waals surface area contributed by atoms with E-state index in [0.29, 0.717) is 24.2 Å². The number of benzene rings is 2. The fourth-order valence-corrected chi connectivity index (χ4v) is 6.50. The molecule has 42 heavy (non-hydrogen) atoms. The molecule has 2 amide bonds. The van der Waals surface area contributed by atoms with Crippen LogP contribution in [0.4, 0.5) is 22.7 Å². The summed E-state index contributed by atoms with van der Waals surface area (Å²) in [6, 6.07) is 11.7. The lowest BCUT2D eigenvalue weighted by atomic mass is 9.77. The second-order valence-corrected chi connectivity index (χ2v) is 12.1. The summed E-state index contributed by atoms with van der Waals surface area (Å²) in [6.07, 6.45) is 3.63. The average molecular weight is 568 g/mol. The van der Waals surface area contributed by atoms with Gasteiger partial charge in [0.2, 0.25) is 23.3 Å². The Hall–Kier alpha value is -4.46. The summed E-state index contributed by atoms with van der Waals surface area (Å²) in [5.74, 6) is -0.478. The van der Waals surface area contributed by atoms with Gasteiger partial charge in [-0.1, -0.05) is 13.8 Å². The summed E-state index contributed by atoms with van der Waals surface area (Å²) < 4.78 is 2.15. The fourth-order valence-electron chi connectivity index (χ4n) is 6.50. The normalized spacial score (nSPS) is 20.2. The van der Waals surface area contributed by atoms with E-state index in [4.69, 9.17) is 0 Å². The maximum atomic E-state index is 13.6. The number of carbonyl (C=O) groups is 3. The van der Waals surface area contributed by atoms with Crippen molar-refractivity contribution in [1.82, 2.24) is 0 Å². The number of nitrogens with zero attached hydrogens (tertiary/aromatic N) is 2. The molecule has 1 aliphatic carbocycles. The number of amides is 2. The quantitative estimate of drug-likeness (QED) is 0.293. The minimum Gasteiger partial charge on any atom is -0.506 e. The first-order valence-corrected chi connectivity index (χ1v) is 14.4. The zero-order valence-electron chi connectivity index (χ0n) is 25.6. The van der Waals surface area contributed by atoms with E-state index in [9.17, 15) is 19.5 Å². The molecule has 8 nitrogen and oxygen atoms in total. The first kappa shape index (κ1) is 29.0. The van der Waals surface area contributed by atoms with Gasteiger partial charge >= 0.3 is 0 Å². The van der Waals surface area contributed by atoms with E-state index in [2.05, 4.69) is 61.7 Å². The lowest BCUT2D eigenvalue weighted by Crippen LogP contribution is -2.32. The van der Waals surface area contributed by atoms with Gasteiger partial charge in [-0.2, -0.15) is 4.58 Å². The van der Waals surface area contributed by atoms with Gasteiger partial charge < -0.3 is 20.6 Å². The maximum Gasteiger partial charge on any atom is 0.221 e. The van der Waals surface area contributed by atoms with Gasteiger partial charge in [-0.15, -0.1) is 0 Å². The number of aliphatic hydroxyl groups is 1. The molecule has 0 saturated carbocycles. The number of rotatable bonds is 6. The molecule has 3 N–H and O–H groups in total. The van der Waals surface area contributed by atoms with E-state index in [0.717, 1.165) is 45.3 Å². The average Bonchev–Trinajstić information content (AvgIpc) is 3.26. The minimum atomic E-state index is -0.457. The Labute approximate surface area is 247 Å². The summed E-state index contributed by atoms with van der Waals surface area (Å²) in [5.41, 5.74) is 7.07. The van der Waals surface area contributed by atoms with Crippen molar-refractivity contribution in [3.8, 4) is 0 Å². The first-order valence-electron chi connectivity index (χ1n) is 14.4. The predicted octanol–water partition coefficient (Wildman–Crippen LogP) is 6.02. The number of nitrogens with one attached hydrogen (secondary N) is 2. The highest BCUT2D eigenvalue weighted by Crippen LogP contribution is 2.50. The third kappa shape index (κ3) is 4.46. The zero-order valence-corrected chi connectivity index (χ0v) is 25.6. The van der Waals surface area contributed by atoms with Crippen LogP contribution in [0.1, 0.15) is 66.5 Å². The van der Waals surface area contributed by atoms with Crippen LogP contribution in [-0.2, 0) is 25.2 Å². The SMILES string of the molecule is CCN1/C(=C/C2=C(O)C(=C\C3=[N+](CC)c4ccc(NC(C)=O)cc4C3(C)C)/C2=O)C(C)(C)c2cc(NC(C)=O)ccc21. The van der Waals surface area contributed by atoms with E-state index in [1.54, 1.807) is 0 Å². The highest BCUT2D eigenvalue weighted by atomic mass is 16.3. The Balaban J connectivity index is 1.53. The van der Waals surface area contributed by atoms with E-state index in [1.807, 2.05) is 48.6 Å². The summed E-state index contributed by atoms with van der Waals surface area (Å²) in [5, 5.41) is 17.0. The Morgan fingerprint density at radius 3 is 2.05 bits per heavy atom. The van der Waals surface area contributed by atoms with Gasteiger partial charge in [0.1, 0.15) is 12.3 Å². The van der Waals surface area contributed by atoms with Crippen LogP contribution in [0.15, 0.2) is 71.2 Å². The maximum absolute atomic E-state index is 13.6. The summed E-state index contributed by atoms with van der Waals surface area (Å²) >= 11 is 0. The molecule has 8 heteroatoms. The summed E-state index contributed by atoms with van der Waals surface area (Å²) in [6.45, 7) is 16.8. The van der Waals surface area contributed by atoms with Crippen LogP contribution < -0.4 is 15.5 Å². The smallest absolute Gasteiger partial charge is 0.221 e. The number of fused-ring (bicyclic) bond motifs is 2. The highest BCUT2D eigenvalue weighted by Gasteiger charge is 2.47. The minimum absolute atomic E-state index is 0.0107. The second-order valence-electron chi connectivity index (χ2n) is 12.1. The fraction of sp³-hybridized carbons (Fsp3) is 0.353. The van der Waals surface area contributed by atoms with Gasteiger partial charge in [0.05, 0.1) is 16.6 Å². The summed E-state index contributed by atoms with van der Waals surface area (Å²) in [7, 11) is 0. The molecule has 2 aliphatic heterocycles. The van der Waals surface area contributed by atoms with Crippen LogP contribution in [-0.4, -0.2) is 46.1 Å². The molecule has 2 aromatic rings. The zero-order chi connectivity index (χ0) is 30.7. The molecule has 3 aliphatic rings. The summed E-state index contributed by atoms with van der Waals surface area (Å²) in [4.78, 5) is 39.0. The largest absolute Gasteiger partial charge is 0.506 e. The van der Waals surface area contributed by atoms with Crippen molar-refractivity contribution >= 4 is 46.1 Å². The number of allylic oxidation sites excluding steroid dienone is 5. The molecule has 0 unspecified atom stereocenters. The van der Waals surface area contributed by atoms with Crippen molar-refractivity contribution in [2.24, 2.45) is 0 Å². The molecule has 2 aromatic carbocycles. The molecule has 2 heterocycles. The van der Waals surface area contributed by atoms with Crippen molar-refractivity contribution in [2.75, 3.05) is 28.6 Å². The number of hydrogen-bond donors (Lipinski definition) is 3. The third-order valence-electron chi connectivity index (χ3n) is 8.62. The van der Waals surface area contributed by atoms with E-state index in [-0.39, 0.29) is 23.4 Å². The van der Waals surface area contributed by atoms with Crippen LogP contribution in [0.2, 0.25) is 0 Å². The number of ketones is 1. The van der Waals surface area contributed by atoms with Gasteiger partial charge in [0.15, 0.2) is 5.71 Å². The third-order valence-corrected chi connectivity index (χ3v) is 8.62. The van der Waals surface area contributed by atoms with Crippen molar-refractivity contribution in [3.05, 3.63) is 82.3 Å². The lowest BCUT2D eigenvalue weighted by molar-refractivity contribution is -0.433. The predicted molar refractivity (Wildman–Crippen MR) is 167 cm³/mol. The van der Waals surface area contributed by atoms with E-state index >= 15 is 0 Å². The van der Waals surface area contributed by atoms with Crippen molar-refractivity contribution in [1.29, 1.82) is 0 Å². The number of aliphatic hydroxyl groups excluding tert-OH is 1. The molecule has 0 bridgehead atoms. The molecule has 0 spiro atoms. The van der Waals surface area contributed by atoms with Crippen LogP contribution in [0.25, 0.3) is 0 Å². The van der Waals surface area contributed by atoms with E-state index in [1.165, 1.54) is 13.8 Å². The first-order chi connectivity index (χ1) is 19.7. The molecular weight excluding hydrogens is 528 g/mol. The van der Waals surface area contributed by atoms with Gasteiger partial charge in [-0.3, -0.25) is 14.4 Å². The molecule has 0 aromatic heterocycles. The van der Waals surface area contributed by atoms with Crippen molar-refractivity contribution in [3.63, 3.8) is 0 Å². The Bertz CT molecular complexity index is 1690. The number of anilines is 3. The standard InChI is InChI=1S/C34H38N4O4/c1-9-37-27-13-11-21(35-19(3)39)15-25(27)33(5,6)29(37)17-23-31(41)24(32(23)42)18-30-34(7,8)26-16-22(36-20(4)40)12-14-28(26)38(30)10-2/h11-18H,9-10H2,1-8H3,(H2-,35,36,39,40,41,42)/p+1. The molecule has 5 rings (SSSR count). The number of Topliss-reactive ketones (excluding diaryl/α,β-unsaturated/α-hetero) is 1. The van der Waals surface area contributed by atoms with Crippen LogP contribution in [0.3, 0.4) is 0 Å². The number of carbonyl (C=O) groups excluding carboxylic acids is 3. The molecule has 0 atom stereocenters.